The van der Waals surface area contributed by atoms with Gasteiger partial charge in [0.2, 0.25) is 10.0 Å². The van der Waals surface area contributed by atoms with E-state index in [4.69, 9.17) is 0 Å². The van der Waals surface area contributed by atoms with Gasteiger partial charge in [-0.3, -0.25) is 0 Å². The van der Waals surface area contributed by atoms with Gasteiger partial charge in [0.15, 0.2) is 0 Å². The van der Waals surface area contributed by atoms with Crippen molar-refractivity contribution in [3.8, 4) is 0 Å². The first-order chi connectivity index (χ1) is 7.47. The van der Waals surface area contributed by atoms with Gasteiger partial charge in [-0.1, -0.05) is 19.3 Å². The maximum Gasteiger partial charge on any atom is 0.208 e. The molecule has 1 aliphatic carbocycles. The molecule has 0 radical (unpaired) electrons. The van der Waals surface area contributed by atoms with Gasteiger partial charge in [0, 0.05) is 12.6 Å². The Labute approximate surface area is 99.2 Å². The fourth-order valence-corrected chi connectivity index (χ4v) is 2.52. The fraction of sp³-hybridized carbons (Fsp3) is 1.00. The van der Waals surface area contributed by atoms with Crippen LogP contribution in [0.1, 0.15) is 39.0 Å². The summed E-state index contributed by atoms with van der Waals surface area (Å²) in [4.78, 5) is 0. The Bertz CT molecular complexity index is 286. The molecular formula is C11H24N2O2S. The van der Waals surface area contributed by atoms with Crippen LogP contribution in [0.15, 0.2) is 0 Å². The minimum atomic E-state index is -3.02. The molecule has 1 rings (SSSR count). The minimum absolute atomic E-state index is 0.530. The van der Waals surface area contributed by atoms with E-state index < -0.39 is 10.0 Å². The van der Waals surface area contributed by atoms with Crippen LogP contribution < -0.4 is 10.0 Å². The van der Waals surface area contributed by atoms with Crippen LogP contribution in [0.2, 0.25) is 0 Å². The van der Waals surface area contributed by atoms with Crippen molar-refractivity contribution >= 4 is 10.0 Å². The second-order valence-corrected chi connectivity index (χ2v) is 6.74. The third kappa shape index (κ3) is 6.45. The number of rotatable bonds is 8. The van der Waals surface area contributed by atoms with Crippen molar-refractivity contribution in [1.82, 2.24) is 10.0 Å². The molecule has 0 amide bonds. The number of hydrogen-bond acceptors (Lipinski definition) is 3. The van der Waals surface area contributed by atoms with Crippen molar-refractivity contribution in [3.05, 3.63) is 0 Å². The topological polar surface area (TPSA) is 58.2 Å². The van der Waals surface area contributed by atoms with Crippen molar-refractivity contribution in [2.45, 2.75) is 45.1 Å². The van der Waals surface area contributed by atoms with E-state index in [0.717, 1.165) is 18.9 Å². The zero-order chi connectivity index (χ0) is 12.0. The molecule has 1 atom stereocenters. The lowest BCUT2D eigenvalue weighted by Gasteiger charge is -2.28. The van der Waals surface area contributed by atoms with Crippen molar-refractivity contribution < 1.29 is 8.42 Å². The van der Waals surface area contributed by atoms with Crippen molar-refractivity contribution in [2.24, 2.45) is 5.92 Å². The second-order valence-electron chi connectivity index (χ2n) is 4.91. The van der Waals surface area contributed by atoms with E-state index in [1.165, 1.54) is 31.9 Å². The van der Waals surface area contributed by atoms with E-state index in [0.29, 0.717) is 12.6 Å². The van der Waals surface area contributed by atoms with E-state index in [1.807, 2.05) is 0 Å². The smallest absolute Gasteiger partial charge is 0.208 e. The highest BCUT2D eigenvalue weighted by Gasteiger charge is 2.19. The summed E-state index contributed by atoms with van der Waals surface area (Å²) in [6, 6.07) is 0.559. The Balaban J connectivity index is 1.93. The Hall–Kier alpha value is -0.130. The molecule has 0 aromatic carbocycles. The molecule has 0 aromatic heterocycles. The average Bonchev–Trinajstić information content (AvgIpc) is 2.09. The van der Waals surface area contributed by atoms with Gasteiger partial charge in [0.05, 0.1) is 6.26 Å². The standard InChI is InChI=1S/C11H24N2O2S/c1-10(9-11-5-3-6-11)12-7-4-8-13-16(2,14)15/h10-13H,3-9H2,1-2H3. The van der Waals surface area contributed by atoms with Crippen LogP contribution >= 0.6 is 0 Å². The molecule has 2 N–H and O–H groups in total. The molecule has 16 heavy (non-hydrogen) atoms. The molecule has 0 saturated heterocycles. The molecule has 1 saturated carbocycles. The van der Waals surface area contributed by atoms with Crippen LogP contribution in [0.25, 0.3) is 0 Å². The predicted octanol–water partition coefficient (Wildman–Crippen LogP) is 1.09. The fourth-order valence-electron chi connectivity index (χ4n) is 2.01. The van der Waals surface area contributed by atoms with E-state index in [-0.39, 0.29) is 0 Å². The monoisotopic (exact) mass is 248 g/mol. The quantitative estimate of drug-likeness (QED) is 0.632. The third-order valence-corrected chi connectivity index (χ3v) is 3.85. The molecule has 1 unspecified atom stereocenters. The van der Waals surface area contributed by atoms with Crippen molar-refractivity contribution in [1.29, 1.82) is 0 Å². The highest BCUT2D eigenvalue weighted by Crippen LogP contribution is 2.30. The molecule has 96 valence electrons. The SMILES string of the molecule is CC(CC1CCC1)NCCCNS(C)(=O)=O. The van der Waals surface area contributed by atoms with Gasteiger partial charge in [-0.15, -0.1) is 0 Å². The molecule has 5 heteroatoms. The largest absolute Gasteiger partial charge is 0.314 e. The molecule has 0 heterocycles. The summed E-state index contributed by atoms with van der Waals surface area (Å²) >= 11 is 0. The molecule has 0 aromatic rings. The molecule has 0 aliphatic heterocycles. The lowest BCUT2D eigenvalue weighted by molar-refractivity contribution is 0.266. The van der Waals surface area contributed by atoms with Crippen LogP contribution in [0.3, 0.4) is 0 Å². The van der Waals surface area contributed by atoms with Gasteiger partial charge in [-0.2, -0.15) is 0 Å². The van der Waals surface area contributed by atoms with E-state index in [9.17, 15) is 8.42 Å². The normalized spacial score (nSPS) is 19.4. The van der Waals surface area contributed by atoms with Gasteiger partial charge in [-0.05, 0) is 32.2 Å². The molecule has 0 spiro atoms. The number of sulfonamides is 1. The van der Waals surface area contributed by atoms with E-state index >= 15 is 0 Å². The van der Waals surface area contributed by atoms with Crippen LogP contribution in [0.4, 0.5) is 0 Å². The number of hydrogen-bond donors (Lipinski definition) is 2. The summed E-state index contributed by atoms with van der Waals surface area (Å²) in [5.41, 5.74) is 0. The van der Waals surface area contributed by atoms with Gasteiger partial charge >= 0.3 is 0 Å². The molecular weight excluding hydrogens is 224 g/mol. The highest BCUT2D eigenvalue weighted by atomic mass is 32.2. The maximum absolute atomic E-state index is 10.8. The Morgan fingerprint density at radius 3 is 2.50 bits per heavy atom. The zero-order valence-electron chi connectivity index (χ0n) is 10.3. The first kappa shape index (κ1) is 13.9. The lowest BCUT2D eigenvalue weighted by Crippen LogP contribution is -2.33. The predicted molar refractivity (Wildman–Crippen MR) is 66.9 cm³/mol. The summed E-state index contributed by atoms with van der Waals surface area (Å²) in [6.45, 7) is 3.63. The summed E-state index contributed by atoms with van der Waals surface area (Å²) in [5, 5.41) is 3.43. The third-order valence-electron chi connectivity index (χ3n) is 3.12. The second kappa shape index (κ2) is 6.57. The van der Waals surface area contributed by atoms with Crippen LogP contribution in [0.5, 0.6) is 0 Å². The molecule has 1 fully saturated rings. The summed E-state index contributed by atoms with van der Waals surface area (Å²) in [6.07, 6.45) is 7.49. The molecule has 1 aliphatic rings. The minimum Gasteiger partial charge on any atom is -0.314 e. The Morgan fingerprint density at radius 1 is 1.31 bits per heavy atom. The summed E-state index contributed by atoms with van der Waals surface area (Å²) < 4.78 is 24.1. The van der Waals surface area contributed by atoms with Crippen LogP contribution in [-0.2, 0) is 10.0 Å². The highest BCUT2D eigenvalue weighted by molar-refractivity contribution is 7.88. The zero-order valence-corrected chi connectivity index (χ0v) is 11.1. The van der Waals surface area contributed by atoms with E-state index in [1.54, 1.807) is 0 Å². The van der Waals surface area contributed by atoms with E-state index in [2.05, 4.69) is 17.0 Å². The average molecular weight is 248 g/mol. The van der Waals surface area contributed by atoms with Crippen molar-refractivity contribution in [3.63, 3.8) is 0 Å². The number of nitrogens with one attached hydrogen (secondary N) is 2. The van der Waals surface area contributed by atoms with Gasteiger partial charge < -0.3 is 5.32 Å². The maximum atomic E-state index is 10.8. The summed E-state index contributed by atoms with van der Waals surface area (Å²) in [7, 11) is -3.02. The van der Waals surface area contributed by atoms with Gasteiger partial charge in [0.25, 0.3) is 0 Å². The first-order valence-electron chi connectivity index (χ1n) is 6.15. The van der Waals surface area contributed by atoms with Gasteiger partial charge in [-0.25, -0.2) is 13.1 Å². The van der Waals surface area contributed by atoms with Crippen LogP contribution in [0, 0.1) is 5.92 Å². The summed E-state index contributed by atoms with van der Waals surface area (Å²) in [5.74, 6) is 0.927. The molecule has 0 bridgehead atoms. The first-order valence-corrected chi connectivity index (χ1v) is 8.04. The Kier molecular flexibility index (Phi) is 5.72. The Morgan fingerprint density at radius 2 is 2.00 bits per heavy atom. The van der Waals surface area contributed by atoms with Crippen molar-refractivity contribution in [2.75, 3.05) is 19.3 Å². The molecule has 4 nitrogen and oxygen atoms in total. The van der Waals surface area contributed by atoms with Crippen LogP contribution in [-0.4, -0.2) is 33.8 Å². The lowest BCUT2D eigenvalue weighted by atomic mass is 9.81. The van der Waals surface area contributed by atoms with Gasteiger partial charge in [0.1, 0.15) is 0 Å².